The van der Waals surface area contributed by atoms with Crippen molar-refractivity contribution in [2.24, 2.45) is 5.92 Å². The zero-order valence-corrected chi connectivity index (χ0v) is 26.9. The lowest BCUT2D eigenvalue weighted by atomic mass is 10.0. The molecule has 13 nitrogen and oxygen atoms in total. The van der Waals surface area contributed by atoms with E-state index in [2.05, 4.69) is 10.6 Å². The third-order valence-electron chi connectivity index (χ3n) is 8.01. The lowest BCUT2D eigenvalue weighted by Gasteiger charge is -2.33. The highest BCUT2D eigenvalue weighted by atomic mass is 32.2. The number of aliphatic hydroxyl groups is 1. The molecule has 14 heteroatoms. The highest BCUT2D eigenvalue weighted by Crippen LogP contribution is 2.34. The van der Waals surface area contributed by atoms with Crippen molar-refractivity contribution in [3.8, 4) is 23.0 Å². The van der Waals surface area contributed by atoms with Gasteiger partial charge in [0.2, 0.25) is 22.7 Å². The Balaban J connectivity index is 1.38. The number of hydrogen-bond donors (Lipinski definition) is 3. The molecular formula is C32H38N4O9S. The van der Waals surface area contributed by atoms with E-state index in [1.54, 1.807) is 60.4 Å². The van der Waals surface area contributed by atoms with Gasteiger partial charge in [0.15, 0.2) is 11.5 Å². The van der Waals surface area contributed by atoms with E-state index < -0.39 is 28.2 Å². The summed E-state index contributed by atoms with van der Waals surface area (Å²) in [5.41, 5.74) is 1.42. The number of carbonyl (C=O) groups excluding carboxylic acids is 2. The van der Waals surface area contributed by atoms with Crippen molar-refractivity contribution >= 4 is 33.3 Å². The Kier molecular flexibility index (Phi) is 9.89. The molecule has 3 amide bonds. The van der Waals surface area contributed by atoms with Crippen molar-refractivity contribution < 1.29 is 42.1 Å². The Bertz CT molecular complexity index is 1680. The minimum absolute atomic E-state index is 0.0115. The second kappa shape index (κ2) is 13.8. The van der Waals surface area contributed by atoms with Crippen molar-refractivity contribution in [2.45, 2.75) is 37.3 Å². The number of carbonyl (C=O) groups is 2. The number of aliphatic hydroxyl groups excluding tert-OH is 1. The van der Waals surface area contributed by atoms with Crippen molar-refractivity contribution in [3.05, 3.63) is 66.2 Å². The molecule has 46 heavy (non-hydrogen) atoms. The Morgan fingerprint density at radius 1 is 1.04 bits per heavy atom. The van der Waals surface area contributed by atoms with Crippen LogP contribution in [0, 0.1) is 5.92 Å². The van der Waals surface area contributed by atoms with Gasteiger partial charge in [-0.05, 0) is 61.5 Å². The number of rotatable bonds is 9. The molecule has 0 spiro atoms. The van der Waals surface area contributed by atoms with Crippen LogP contribution < -0.4 is 29.6 Å². The van der Waals surface area contributed by atoms with Crippen LogP contribution in [0.25, 0.3) is 0 Å². The molecule has 0 radical (unpaired) electrons. The standard InChI is InChI=1S/C32H38N4O9S/c1-20-16-36(21(2)18-37)31(38)14-22-13-23(33-32(39)34-24-6-12-28-29(15-24)44-19-43-28)5-11-27(22)45-30(20)17-35(3)46(40,41)26-9-7-25(42-4)8-10-26/h5-13,15,20-21,30,37H,14,16-19H2,1-4H3,(H2,33,34,39)/t20-,21+,30+/m0/s1. The lowest BCUT2D eigenvalue weighted by Crippen LogP contribution is -2.48. The zero-order valence-electron chi connectivity index (χ0n) is 26.1. The third kappa shape index (κ3) is 7.30. The van der Waals surface area contributed by atoms with Crippen LogP contribution in [0.2, 0.25) is 0 Å². The van der Waals surface area contributed by atoms with Crippen molar-refractivity contribution in [2.75, 3.05) is 51.3 Å². The number of ether oxygens (including phenoxy) is 4. The number of likely N-dealkylation sites (N-methyl/N-ethyl adjacent to an activating group) is 1. The number of sulfonamides is 1. The number of benzene rings is 3. The molecule has 0 bridgehead atoms. The van der Waals surface area contributed by atoms with Crippen LogP contribution in [0.3, 0.4) is 0 Å². The first-order valence-corrected chi connectivity index (χ1v) is 16.2. The zero-order chi connectivity index (χ0) is 33.0. The fourth-order valence-electron chi connectivity index (χ4n) is 5.27. The van der Waals surface area contributed by atoms with Gasteiger partial charge in [-0.1, -0.05) is 6.92 Å². The minimum Gasteiger partial charge on any atom is -0.497 e. The maximum atomic E-state index is 13.5. The molecule has 2 aliphatic rings. The molecule has 3 N–H and O–H groups in total. The molecular weight excluding hydrogens is 616 g/mol. The molecule has 246 valence electrons. The molecule has 3 aromatic rings. The maximum Gasteiger partial charge on any atom is 0.323 e. The number of anilines is 2. The average molecular weight is 655 g/mol. The second-order valence-corrected chi connectivity index (χ2v) is 13.4. The number of methoxy groups -OCH3 is 1. The normalized spacial score (nSPS) is 18.5. The van der Waals surface area contributed by atoms with Gasteiger partial charge in [0.1, 0.15) is 17.6 Å². The predicted octanol–water partition coefficient (Wildman–Crippen LogP) is 3.54. The lowest BCUT2D eigenvalue weighted by molar-refractivity contribution is -0.134. The van der Waals surface area contributed by atoms with Crippen LogP contribution in [0.1, 0.15) is 19.4 Å². The Morgan fingerprint density at radius 2 is 1.70 bits per heavy atom. The summed E-state index contributed by atoms with van der Waals surface area (Å²) in [6, 6.07) is 15.1. The fourth-order valence-corrected chi connectivity index (χ4v) is 6.46. The molecule has 2 aliphatic heterocycles. The van der Waals surface area contributed by atoms with Gasteiger partial charge in [-0.3, -0.25) is 4.79 Å². The summed E-state index contributed by atoms with van der Waals surface area (Å²) in [5, 5.41) is 15.5. The van der Waals surface area contributed by atoms with E-state index in [1.165, 1.54) is 30.6 Å². The summed E-state index contributed by atoms with van der Waals surface area (Å²) < 4.78 is 50.4. The third-order valence-corrected chi connectivity index (χ3v) is 9.85. The predicted molar refractivity (Wildman–Crippen MR) is 170 cm³/mol. The number of fused-ring (bicyclic) bond motifs is 2. The first kappa shape index (κ1) is 32.9. The van der Waals surface area contributed by atoms with E-state index in [1.807, 2.05) is 6.92 Å². The van der Waals surface area contributed by atoms with Gasteiger partial charge in [-0.25, -0.2) is 13.2 Å². The molecule has 2 heterocycles. The number of nitrogens with one attached hydrogen (secondary N) is 2. The highest BCUT2D eigenvalue weighted by Gasteiger charge is 2.33. The Morgan fingerprint density at radius 3 is 2.37 bits per heavy atom. The smallest absolute Gasteiger partial charge is 0.323 e. The number of urea groups is 1. The molecule has 5 rings (SSSR count). The summed E-state index contributed by atoms with van der Waals surface area (Å²) in [5.74, 6) is 1.49. The van der Waals surface area contributed by atoms with Crippen LogP contribution in [0.15, 0.2) is 65.6 Å². The minimum atomic E-state index is -3.88. The van der Waals surface area contributed by atoms with Crippen molar-refractivity contribution in [1.29, 1.82) is 0 Å². The van der Waals surface area contributed by atoms with Crippen LogP contribution >= 0.6 is 0 Å². The fraction of sp³-hybridized carbons (Fsp3) is 0.375. The second-order valence-electron chi connectivity index (χ2n) is 11.3. The first-order valence-electron chi connectivity index (χ1n) is 14.8. The number of amides is 3. The molecule has 0 aromatic heterocycles. The van der Waals surface area contributed by atoms with Gasteiger partial charge in [-0.15, -0.1) is 0 Å². The summed E-state index contributed by atoms with van der Waals surface area (Å²) >= 11 is 0. The van der Waals surface area contributed by atoms with Crippen molar-refractivity contribution in [3.63, 3.8) is 0 Å². The maximum absolute atomic E-state index is 13.5. The van der Waals surface area contributed by atoms with E-state index in [4.69, 9.17) is 18.9 Å². The molecule has 3 atom stereocenters. The number of nitrogens with zero attached hydrogens (tertiary/aromatic N) is 2. The SMILES string of the molecule is COc1ccc(S(=O)(=O)N(C)C[C@H]2Oc3ccc(NC(=O)Nc4ccc5c(c4)OCO5)cc3CC(=O)N([C@H](C)CO)C[C@@H]2C)cc1. The van der Waals surface area contributed by atoms with Gasteiger partial charge in [0, 0.05) is 42.5 Å². The summed E-state index contributed by atoms with van der Waals surface area (Å²) in [6.45, 7) is 3.72. The Hall–Kier alpha value is -4.53. The first-order chi connectivity index (χ1) is 22.0. The van der Waals surface area contributed by atoms with Crippen LogP contribution in [-0.4, -0.2) is 87.5 Å². The van der Waals surface area contributed by atoms with Gasteiger partial charge in [0.05, 0.1) is 37.6 Å². The van der Waals surface area contributed by atoms with Crippen molar-refractivity contribution in [1.82, 2.24) is 9.21 Å². The molecule has 0 unspecified atom stereocenters. The molecule has 0 fully saturated rings. The summed E-state index contributed by atoms with van der Waals surface area (Å²) in [6.07, 6.45) is -0.720. The van der Waals surface area contributed by atoms with Gasteiger partial charge < -0.3 is 39.6 Å². The van der Waals surface area contributed by atoms with Crippen LogP contribution in [0.4, 0.5) is 16.2 Å². The van der Waals surface area contributed by atoms with E-state index in [-0.39, 0.29) is 49.6 Å². The Labute approximate surface area is 268 Å². The molecule has 3 aromatic carbocycles. The van der Waals surface area contributed by atoms with E-state index in [9.17, 15) is 23.1 Å². The number of hydrogen-bond acceptors (Lipinski definition) is 9. The molecule has 0 saturated heterocycles. The monoisotopic (exact) mass is 654 g/mol. The van der Waals surface area contributed by atoms with Crippen LogP contribution in [-0.2, 0) is 21.2 Å². The van der Waals surface area contributed by atoms with Gasteiger partial charge >= 0.3 is 6.03 Å². The van der Waals surface area contributed by atoms with Crippen LogP contribution in [0.5, 0.6) is 23.0 Å². The summed E-state index contributed by atoms with van der Waals surface area (Å²) in [4.78, 5) is 28.1. The average Bonchev–Trinajstić information content (AvgIpc) is 3.52. The van der Waals surface area contributed by atoms with E-state index in [0.29, 0.717) is 39.9 Å². The van der Waals surface area contributed by atoms with E-state index >= 15 is 0 Å². The molecule has 0 aliphatic carbocycles. The van der Waals surface area contributed by atoms with Gasteiger partial charge in [-0.2, -0.15) is 4.31 Å². The topological polar surface area (TPSA) is 156 Å². The van der Waals surface area contributed by atoms with E-state index in [0.717, 1.165) is 0 Å². The molecule has 0 saturated carbocycles. The van der Waals surface area contributed by atoms with Gasteiger partial charge in [0.25, 0.3) is 0 Å². The quantitative estimate of drug-likeness (QED) is 0.314. The summed E-state index contributed by atoms with van der Waals surface area (Å²) in [7, 11) is -0.897. The highest BCUT2D eigenvalue weighted by molar-refractivity contribution is 7.89. The largest absolute Gasteiger partial charge is 0.497 e.